The summed E-state index contributed by atoms with van der Waals surface area (Å²) >= 11 is 2.80. The van der Waals surface area contributed by atoms with Crippen LogP contribution in [-0.4, -0.2) is 14.4 Å². The van der Waals surface area contributed by atoms with Gasteiger partial charge in [0, 0.05) is 28.5 Å². The summed E-state index contributed by atoms with van der Waals surface area (Å²) < 4.78 is 20.2. The van der Waals surface area contributed by atoms with Gasteiger partial charge in [0.25, 0.3) is 10.8 Å². The minimum absolute atomic E-state index is 0.0845. The Balaban J connectivity index is 1.52. The van der Waals surface area contributed by atoms with Crippen LogP contribution in [0.4, 0.5) is 4.39 Å². The lowest BCUT2D eigenvalue weighted by atomic mass is 10.2. The predicted molar refractivity (Wildman–Crippen MR) is 95.5 cm³/mol. The highest BCUT2D eigenvalue weighted by atomic mass is 32.2. The van der Waals surface area contributed by atoms with Crippen molar-refractivity contribution in [3.8, 4) is 11.3 Å². The number of fused-ring (bicyclic) bond motifs is 1. The normalized spacial score (nSPS) is 11.3. The van der Waals surface area contributed by atoms with Crippen LogP contribution in [0.5, 0.6) is 0 Å². The summed E-state index contributed by atoms with van der Waals surface area (Å²) in [5.74, 6) is 0.751. The first-order valence-electron chi connectivity index (χ1n) is 7.41. The molecular weight excluding hydrogens is 361 g/mol. The number of hydrogen-bond donors (Lipinski definition) is 0. The molecule has 5 nitrogen and oxygen atoms in total. The molecule has 8 heteroatoms. The Morgan fingerprint density at radius 1 is 1.32 bits per heavy atom. The zero-order valence-corrected chi connectivity index (χ0v) is 14.7. The number of thioether (sulfide) groups is 1. The molecular formula is C17H12FN3O2S2. The maximum Gasteiger partial charge on any atom is 0.258 e. The molecule has 0 aliphatic rings. The van der Waals surface area contributed by atoms with E-state index in [1.807, 2.05) is 12.3 Å². The van der Waals surface area contributed by atoms with Crippen molar-refractivity contribution in [2.45, 2.75) is 17.9 Å². The van der Waals surface area contributed by atoms with E-state index in [0.29, 0.717) is 27.4 Å². The van der Waals surface area contributed by atoms with Crippen molar-refractivity contribution in [1.82, 2.24) is 14.4 Å². The number of aryl methyl sites for hydroxylation is 1. The zero-order valence-electron chi connectivity index (χ0n) is 13.1. The lowest BCUT2D eigenvalue weighted by Crippen LogP contribution is -2.14. The third kappa shape index (κ3) is 3.22. The summed E-state index contributed by atoms with van der Waals surface area (Å²) in [6.45, 7) is 1.88. The minimum atomic E-state index is -0.297. The number of halogens is 1. The molecule has 0 aliphatic carbocycles. The lowest BCUT2D eigenvalue weighted by molar-refractivity contribution is 0.466. The van der Waals surface area contributed by atoms with Crippen LogP contribution in [0.2, 0.25) is 0 Å². The molecule has 1 aromatic carbocycles. The summed E-state index contributed by atoms with van der Waals surface area (Å²) in [7, 11) is 0. The Bertz CT molecular complexity index is 1100. The van der Waals surface area contributed by atoms with Crippen LogP contribution >= 0.6 is 23.1 Å². The van der Waals surface area contributed by atoms with Crippen LogP contribution in [0.25, 0.3) is 16.3 Å². The summed E-state index contributed by atoms with van der Waals surface area (Å²) in [6, 6.07) is 7.56. The SMILES string of the molecule is Cc1csc2nc(CSc3ncc(-c4ccc(F)cc4)o3)cc(=O)n12. The smallest absolute Gasteiger partial charge is 0.258 e. The molecule has 126 valence electrons. The fourth-order valence-electron chi connectivity index (χ4n) is 2.38. The number of aromatic nitrogens is 3. The second-order valence-corrected chi connectivity index (χ2v) is 7.13. The quantitative estimate of drug-likeness (QED) is 0.503. The molecule has 0 saturated heterocycles. The lowest BCUT2D eigenvalue weighted by Gasteiger charge is -2.00. The summed E-state index contributed by atoms with van der Waals surface area (Å²) in [6.07, 6.45) is 1.60. The number of hydrogen-bond acceptors (Lipinski definition) is 6. The standard InChI is InChI=1S/C17H12FN3O2S2/c1-10-8-24-16-20-13(6-15(22)21(10)16)9-25-17-19-7-14(23-17)11-2-4-12(18)5-3-11/h2-8H,9H2,1H3. The Morgan fingerprint density at radius 2 is 2.12 bits per heavy atom. The molecule has 4 rings (SSSR count). The second-order valence-electron chi connectivity index (χ2n) is 5.37. The van der Waals surface area contributed by atoms with Gasteiger partial charge in [-0.05, 0) is 31.2 Å². The number of oxazole rings is 1. The van der Waals surface area contributed by atoms with E-state index in [1.54, 1.807) is 22.7 Å². The Kier molecular flexibility index (Phi) is 4.14. The van der Waals surface area contributed by atoms with Gasteiger partial charge in [0.2, 0.25) is 0 Å². The van der Waals surface area contributed by atoms with Crippen LogP contribution < -0.4 is 5.56 Å². The van der Waals surface area contributed by atoms with Crippen LogP contribution in [0.3, 0.4) is 0 Å². The maximum atomic E-state index is 13.0. The van der Waals surface area contributed by atoms with Gasteiger partial charge in [0.1, 0.15) is 5.82 Å². The highest BCUT2D eigenvalue weighted by molar-refractivity contribution is 7.98. The highest BCUT2D eigenvalue weighted by Crippen LogP contribution is 2.27. The molecule has 0 amide bonds. The summed E-state index contributed by atoms with van der Waals surface area (Å²) in [4.78, 5) is 21.5. The van der Waals surface area contributed by atoms with Crippen molar-refractivity contribution in [2.75, 3.05) is 0 Å². The van der Waals surface area contributed by atoms with Gasteiger partial charge in [-0.1, -0.05) is 11.8 Å². The van der Waals surface area contributed by atoms with E-state index in [2.05, 4.69) is 9.97 Å². The molecule has 0 spiro atoms. The molecule has 0 fully saturated rings. The molecule has 3 heterocycles. The summed E-state index contributed by atoms with van der Waals surface area (Å²) in [5, 5.41) is 2.38. The van der Waals surface area contributed by atoms with E-state index < -0.39 is 0 Å². The first-order valence-corrected chi connectivity index (χ1v) is 9.28. The van der Waals surface area contributed by atoms with E-state index in [-0.39, 0.29) is 11.4 Å². The average molecular weight is 373 g/mol. The van der Waals surface area contributed by atoms with E-state index in [9.17, 15) is 9.18 Å². The highest BCUT2D eigenvalue weighted by Gasteiger charge is 2.10. The van der Waals surface area contributed by atoms with E-state index in [0.717, 1.165) is 11.3 Å². The molecule has 0 bridgehead atoms. The third-order valence-corrected chi connectivity index (χ3v) is 5.40. The number of benzene rings is 1. The number of thiazole rings is 1. The molecule has 4 aromatic rings. The van der Waals surface area contributed by atoms with Gasteiger partial charge in [-0.15, -0.1) is 11.3 Å². The van der Waals surface area contributed by atoms with Gasteiger partial charge >= 0.3 is 0 Å². The monoisotopic (exact) mass is 373 g/mol. The fourth-order valence-corrected chi connectivity index (χ4v) is 3.97. The molecule has 0 saturated carbocycles. The van der Waals surface area contributed by atoms with E-state index in [4.69, 9.17) is 4.42 Å². The van der Waals surface area contributed by atoms with Crippen molar-refractivity contribution in [3.05, 3.63) is 69.5 Å². The molecule has 0 N–H and O–H groups in total. The Morgan fingerprint density at radius 3 is 2.92 bits per heavy atom. The average Bonchev–Trinajstić information content (AvgIpc) is 3.21. The van der Waals surface area contributed by atoms with Crippen molar-refractivity contribution in [2.24, 2.45) is 0 Å². The minimum Gasteiger partial charge on any atom is -0.431 e. The molecule has 0 atom stereocenters. The van der Waals surface area contributed by atoms with Gasteiger partial charge in [-0.25, -0.2) is 14.4 Å². The van der Waals surface area contributed by atoms with Crippen LogP contribution in [-0.2, 0) is 5.75 Å². The van der Waals surface area contributed by atoms with E-state index in [1.165, 1.54) is 41.3 Å². The molecule has 0 radical (unpaired) electrons. The van der Waals surface area contributed by atoms with Crippen LogP contribution in [0, 0.1) is 12.7 Å². The molecule has 25 heavy (non-hydrogen) atoms. The van der Waals surface area contributed by atoms with Gasteiger partial charge < -0.3 is 4.42 Å². The first kappa shape index (κ1) is 16.0. The van der Waals surface area contributed by atoms with Gasteiger partial charge in [0.05, 0.1) is 11.9 Å². The number of rotatable bonds is 4. The maximum absolute atomic E-state index is 13.0. The van der Waals surface area contributed by atoms with Crippen molar-refractivity contribution < 1.29 is 8.81 Å². The zero-order chi connectivity index (χ0) is 17.4. The molecule has 0 unspecified atom stereocenters. The first-order chi connectivity index (χ1) is 12.1. The Labute approximate surface area is 150 Å². The fraction of sp³-hybridized carbons (Fsp3) is 0.118. The van der Waals surface area contributed by atoms with Gasteiger partial charge in [0.15, 0.2) is 10.7 Å². The van der Waals surface area contributed by atoms with E-state index >= 15 is 0 Å². The van der Waals surface area contributed by atoms with Gasteiger partial charge in [-0.3, -0.25) is 9.20 Å². The van der Waals surface area contributed by atoms with Crippen molar-refractivity contribution >= 4 is 28.1 Å². The Hall–Kier alpha value is -2.45. The van der Waals surface area contributed by atoms with Crippen molar-refractivity contribution in [3.63, 3.8) is 0 Å². The third-order valence-electron chi connectivity index (χ3n) is 3.59. The topological polar surface area (TPSA) is 60.4 Å². The largest absolute Gasteiger partial charge is 0.431 e. The van der Waals surface area contributed by atoms with Crippen LogP contribution in [0.1, 0.15) is 11.4 Å². The second kappa shape index (κ2) is 6.45. The predicted octanol–water partition coefficient (Wildman–Crippen LogP) is 4.15. The van der Waals surface area contributed by atoms with Crippen molar-refractivity contribution in [1.29, 1.82) is 0 Å². The van der Waals surface area contributed by atoms with Crippen LogP contribution in [0.15, 0.2) is 56.3 Å². The number of nitrogens with zero attached hydrogens (tertiary/aromatic N) is 3. The van der Waals surface area contributed by atoms with Gasteiger partial charge in [-0.2, -0.15) is 0 Å². The summed E-state index contributed by atoms with van der Waals surface area (Å²) in [5.41, 5.74) is 2.23. The molecule has 3 aromatic heterocycles. The molecule has 0 aliphatic heterocycles.